The second kappa shape index (κ2) is 6.08. The number of amides is 1. The summed E-state index contributed by atoms with van der Waals surface area (Å²) in [6.07, 6.45) is 0. The minimum absolute atomic E-state index is 0.158. The number of hydrogen-bond acceptors (Lipinski definition) is 3. The molecule has 1 unspecified atom stereocenters. The highest BCUT2D eigenvalue weighted by atomic mass is 79.9. The molecule has 0 aliphatic rings. The van der Waals surface area contributed by atoms with E-state index in [-0.39, 0.29) is 12.5 Å². The van der Waals surface area contributed by atoms with Crippen LogP contribution in [0.1, 0.15) is 27.0 Å². The summed E-state index contributed by atoms with van der Waals surface area (Å²) in [5, 5.41) is 12.6. The Hall–Kier alpha value is -1.17. The molecule has 1 aromatic carbocycles. The van der Waals surface area contributed by atoms with E-state index in [1.54, 1.807) is 6.07 Å². The van der Waals surface area contributed by atoms with Crippen molar-refractivity contribution < 1.29 is 9.90 Å². The van der Waals surface area contributed by atoms with Crippen molar-refractivity contribution in [1.29, 1.82) is 0 Å². The predicted octanol–water partition coefficient (Wildman–Crippen LogP) is 3.46. The van der Waals surface area contributed by atoms with Crippen molar-refractivity contribution in [2.24, 2.45) is 0 Å². The van der Waals surface area contributed by atoms with Gasteiger partial charge in [-0.3, -0.25) is 4.79 Å². The summed E-state index contributed by atoms with van der Waals surface area (Å²) in [5.41, 5.74) is 0.0890. The zero-order valence-corrected chi connectivity index (χ0v) is 13.7. The highest BCUT2D eigenvalue weighted by molar-refractivity contribution is 9.10. The van der Waals surface area contributed by atoms with Crippen molar-refractivity contribution in [3.63, 3.8) is 0 Å². The van der Waals surface area contributed by atoms with Gasteiger partial charge in [-0.1, -0.05) is 30.3 Å². The van der Waals surface area contributed by atoms with Gasteiger partial charge in [-0.05, 0) is 41.4 Å². The molecule has 3 nitrogen and oxygen atoms in total. The van der Waals surface area contributed by atoms with Crippen LogP contribution in [0, 0.1) is 6.92 Å². The minimum atomic E-state index is -0.789. The van der Waals surface area contributed by atoms with E-state index in [0.29, 0.717) is 4.88 Å². The molecule has 2 aromatic rings. The van der Waals surface area contributed by atoms with Gasteiger partial charge in [0, 0.05) is 9.35 Å². The van der Waals surface area contributed by atoms with Crippen molar-refractivity contribution in [1.82, 2.24) is 5.32 Å². The lowest BCUT2D eigenvalue weighted by Crippen LogP contribution is -2.46. The molecule has 0 saturated carbocycles. The predicted molar refractivity (Wildman–Crippen MR) is 85.1 cm³/mol. The van der Waals surface area contributed by atoms with Crippen molar-refractivity contribution in [3.05, 3.63) is 56.2 Å². The minimum Gasteiger partial charge on any atom is -0.394 e. The first-order valence-corrected chi connectivity index (χ1v) is 7.82. The summed E-state index contributed by atoms with van der Waals surface area (Å²) < 4.78 is 0.929. The number of hydrogen-bond donors (Lipinski definition) is 2. The summed E-state index contributed by atoms with van der Waals surface area (Å²) in [4.78, 5) is 14.0. The normalized spacial score (nSPS) is 13.8. The highest BCUT2D eigenvalue weighted by Gasteiger charge is 2.28. The Kier molecular flexibility index (Phi) is 4.62. The van der Waals surface area contributed by atoms with Gasteiger partial charge in [0.05, 0.1) is 17.0 Å². The number of aryl methyl sites for hydroxylation is 1. The SMILES string of the molecule is Cc1sc(C(=O)NC(C)(CO)c2ccccc2)cc1Br. The van der Waals surface area contributed by atoms with Gasteiger partial charge in [-0.15, -0.1) is 11.3 Å². The molecule has 2 N–H and O–H groups in total. The quantitative estimate of drug-likeness (QED) is 0.884. The summed E-state index contributed by atoms with van der Waals surface area (Å²) >= 11 is 4.84. The van der Waals surface area contributed by atoms with E-state index in [4.69, 9.17) is 0 Å². The largest absolute Gasteiger partial charge is 0.394 e. The maximum atomic E-state index is 12.3. The van der Waals surface area contributed by atoms with Crippen molar-refractivity contribution in [2.75, 3.05) is 6.61 Å². The summed E-state index contributed by atoms with van der Waals surface area (Å²) in [7, 11) is 0. The molecule has 1 heterocycles. The number of benzene rings is 1. The van der Waals surface area contributed by atoms with Gasteiger partial charge < -0.3 is 10.4 Å². The van der Waals surface area contributed by atoms with Crippen LogP contribution in [-0.2, 0) is 5.54 Å². The van der Waals surface area contributed by atoms with E-state index >= 15 is 0 Å². The molecule has 1 amide bonds. The van der Waals surface area contributed by atoms with E-state index in [1.165, 1.54) is 11.3 Å². The standard InChI is InChI=1S/C15H16BrNO2S/c1-10-12(16)8-13(20-10)14(19)17-15(2,9-18)11-6-4-3-5-7-11/h3-8,18H,9H2,1-2H3,(H,17,19). The Morgan fingerprint density at radius 3 is 2.55 bits per heavy atom. The maximum Gasteiger partial charge on any atom is 0.262 e. The molecule has 0 aliphatic carbocycles. The Bertz CT molecular complexity index is 592. The van der Waals surface area contributed by atoms with Crippen molar-refractivity contribution >= 4 is 33.2 Å². The second-order valence-corrected chi connectivity index (χ2v) is 6.94. The third-order valence-electron chi connectivity index (χ3n) is 3.20. The Morgan fingerprint density at radius 1 is 1.40 bits per heavy atom. The van der Waals surface area contributed by atoms with Crippen molar-refractivity contribution in [3.8, 4) is 0 Å². The molecule has 0 bridgehead atoms. The van der Waals surface area contributed by atoms with Crippen LogP contribution in [0.25, 0.3) is 0 Å². The molecule has 0 spiro atoms. The molecule has 20 heavy (non-hydrogen) atoms. The second-order valence-electron chi connectivity index (χ2n) is 4.83. The monoisotopic (exact) mass is 353 g/mol. The third-order valence-corrected chi connectivity index (χ3v) is 5.33. The number of halogens is 1. The number of aliphatic hydroxyl groups excluding tert-OH is 1. The van der Waals surface area contributed by atoms with Gasteiger partial charge in [0.2, 0.25) is 0 Å². The molecule has 0 saturated heterocycles. The first kappa shape index (κ1) is 15.2. The average molecular weight is 354 g/mol. The fourth-order valence-corrected chi connectivity index (χ4v) is 3.32. The van der Waals surface area contributed by atoms with Gasteiger partial charge in [0.1, 0.15) is 0 Å². The van der Waals surface area contributed by atoms with Crippen LogP contribution in [0.5, 0.6) is 0 Å². The molecule has 0 aliphatic heterocycles. The highest BCUT2D eigenvalue weighted by Crippen LogP contribution is 2.27. The number of carbonyl (C=O) groups is 1. The first-order valence-electron chi connectivity index (χ1n) is 6.21. The van der Waals surface area contributed by atoms with Crippen LogP contribution in [0.3, 0.4) is 0 Å². The Morgan fingerprint density at radius 2 is 2.05 bits per heavy atom. The molecule has 106 valence electrons. The number of aliphatic hydroxyl groups is 1. The molecular weight excluding hydrogens is 338 g/mol. The van der Waals surface area contributed by atoms with Gasteiger partial charge in [0.15, 0.2) is 0 Å². The van der Waals surface area contributed by atoms with Gasteiger partial charge in [-0.2, -0.15) is 0 Å². The summed E-state index contributed by atoms with van der Waals surface area (Å²) in [6.45, 7) is 3.61. The van der Waals surface area contributed by atoms with Crippen LogP contribution < -0.4 is 5.32 Å². The summed E-state index contributed by atoms with van der Waals surface area (Å²) in [5.74, 6) is -0.177. The molecule has 0 radical (unpaired) electrons. The number of carbonyl (C=O) groups excluding carboxylic acids is 1. The van der Waals surface area contributed by atoms with Crippen LogP contribution in [0.4, 0.5) is 0 Å². The van der Waals surface area contributed by atoms with Gasteiger partial charge in [-0.25, -0.2) is 0 Å². The van der Waals surface area contributed by atoms with Crippen LogP contribution in [0.15, 0.2) is 40.9 Å². The van der Waals surface area contributed by atoms with E-state index in [9.17, 15) is 9.90 Å². The molecule has 1 atom stereocenters. The molecule has 0 fully saturated rings. The first-order chi connectivity index (χ1) is 9.46. The third kappa shape index (κ3) is 3.11. The van der Waals surface area contributed by atoms with E-state index < -0.39 is 5.54 Å². The lowest BCUT2D eigenvalue weighted by molar-refractivity contribution is 0.0853. The molecule has 2 rings (SSSR count). The summed E-state index contributed by atoms with van der Waals surface area (Å²) in [6, 6.07) is 11.3. The smallest absolute Gasteiger partial charge is 0.262 e. The van der Waals surface area contributed by atoms with E-state index in [1.807, 2.05) is 44.2 Å². The van der Waals surface area contributed by atoms with E-state index in [2.05, 4.69) is 21.2 Å². The molecule has 5 heteroatoms. The number of thiophene rings is 1. The zero-order valence-electron chi connectivity index (χ0n) is 11.3. The Balaban J connectivity index is 2.24. The zero-order chi connectivity index (χ0) is 14.8. The fraction of sp³-hybridized carbons (Fsp3) is 0.267. The van der Waals surface area contributed by atoms with Crippen molar-refractivity contribution in [2.45, 2.75) is 19.4 Å². The Labute approximate surface area is 130 Å². The van der Waals surface area contributed by atoms with E-state index in [0.717, 1.165) is 14.9 Å². The fourth-order valence-electron chi connectivity index (χ4n) is 1.89. The number of nitrogens with one attached hydrogen (secondary N) is 1. The lowest BCUT2D eigenvalue weighted by Gasteiger charge is -2.29. The van der Waals surface area contributed by atoms with Crippen LogP contribution >= 0.6 is 27.3 Å². The average Bonchev–Trinajstić information content (AvgIpc) is 2.79. The van der Waals surface area contributed by atoms with Gasteiger partial charge >= 0.3 is 0 Å². The maximum absolute atomic E-state index is 12.3. The van der Waals surface area contributed by atoms with Crippen LogP contribution in [-0.4, -0.2) is 17.6 Å². The lowest BCUT2D eigenvalue weighted by atomic mass is 9.93. The molecule has 1 aromatic heterocycles. The topological polar surface area (TPSA) is 49.3 Å². The van der Waals surface area contributed by atoms with Crippen LogP contribution in [0.2, 0.25) is 0 Å². The number of rotatable bonds is 4. The van der Waals surface area contributed by atoms with Gasteiger partial charge in [0.25, 0.3) is 5.91 Å². The molecular formula is C15H16BrNO2S.